The Kier molecular flexibility index (Phi) is 4.87. The van der Waals surface area contributed by atoms with Gasteiger partial charge in [0.25, 0.3) is 5.91 Å². The molecule has 1 aromatic carbocycles. The Hall–Kier alpha value is -1.70. The van der Waals surface area contributed by atoms with E-state index >= 15 is 0 Å². The molecule has 1 amide bonds. The highest BCUT2D eigenvalue weighted by Gasteiger charge is 2.22. The number of hydrogen-bond acceptors (Lipinski definition) is 4. The first-order chi connectivity index (χ1) is 10.7. The summed E-state index contributed by atoms with van der Waals surface area (Å²) in [5.41, 5.74) is 1.11. The van der Waals surface area contributed by atoms with Crippen LogP contribution in [0.2, 0.25) is 0 Å². The second kappa shape index (κ2) is 7.04. The van der Waals surface area contributed by atoms with Crippen LogP contribution < -0.4 is 10.6 Å². The number of amides is 1. The van der Waals surface area contributed by atoms with Gasteiger partial charge in [-0.25, -0.2) is 4.68 Å². The fourth-order valence-electron chi connectivity index (χ4n) is 2.27. The molecule has 0 aliphatic carbocycles. The second-order valence-corrected chi connectivity index (χ2v) is 5.97. The molecule has 22 heavy (non-hydrogen) atoms. The summed E-state index contributed by atoms with van der Waals surface area (Å²) in [5.74, 6) is 0.520. The van der Waals surface area contributed by atoms with E-state index in [0.717, 1.165) is 16.6 Å². The third-order valence-corrected chi connectivity index (χ3v) is 3.96. The van der Waals surface area contributed by atoms with E-state index in [1.807, 2.05) is 24.3 Å². The van der Waals surface area contributed by atoms with Gasteiger partial charge < -0.3 is 15.4 Å². The minimum Gasteiger partial charge on any atom is -0.366 e. The van der Waals surface area contributed by atoms with Gasteiger partial charge in [0.2, 0.25) is 0 Å². The van der Waals surface area contributed by atoms with Gasteiger partial charge in [-0.15, -0.1) is 0 Å². The number of hydrogen-bond donors (Lipinski definition) is 2. The molecular formula is C15H17BrN4O2. The Bertz CT molecular complexity index is 635. The van der Waals surface area contributed by atoms with Gasteiger partial charge in [-0.3, -0.25) is 4.79 Å². The summed E-state index contributed by atoms with van der Waals surface area (Å²) >= 11 is 3.42. The number of rotatable bonds is 4. The van der Waals surface area contributed by atoms with E-state index in [-0.39, 0.29) is 5.91 Å². The average molecular weight is 365 g/mol. The van der Waals surface area contributed by atoms with E-state index in [2.05, 4.69) is 31.7 Å². The van der Waals surface area contributed by atoms with Crippen molar-refractivity contribution in [2.75, 3.05) is 25.0 Å². The smallest absolute Gasteiger partial charge is 0.255 e. The number of carbonyl (C=O) groups excluding carboxylic acids is 1. The van der Waals surface area contributed by atoms with Crippen LogP contribution >= 0.6 is 15.9 Å². The Morgan fingerprint density at radius 2 is 2.23 bits per heavy atom. The zero-order valence-corrected chi connectivity index (χ0v) is 13.5. The molecule has 0 radical (unpaired) electrons. The fraction of sp³-hybridized carbons (Fsp3) is 0.333. The summed E-state index contributed by atoms with van der Waals surface area (Å²) in [6, 6.07) is 9.79. The van der Waals surface area contributed by atoms with E-state index in [4.69, 9.17) is 4.74 Å². The quantitative estimate of drug-likeness (QED) is 0.864. The molecule has 2 heterocycles. The van der Waals surface area contributed by atoms with Gasteiger partial charge in [-0.05, 0) is 17.7 Å². The van der Waals surface area contributed by atoms with Crippen LogP contribution in [0.15, 0.2) is 41.0 Å². The molecule has 0 saturated carbocycles. The molecule has 2 aromatic rings. The van der Waals surface area contributed by atoms with Crippen LogP contribution in [-0.4, -0.2) is 41.5 Å². The van der Waals surface area contributed by atoms with Gasteiger partial charge in [-0.1, -0.05) is 28.1 Å². The van der Waals surface area contributed by atoms with Crippen molar-refractivity contribution in [2.24, 2.45) is 0 Å². The van der Waals surface area contributed by atoms with E-state index in [0.29, 0.717) is 25.5 Å². The molecule has 3 rings (SSSR count). The fourth-order valence-corrected chi connectivity index (χ4v) is 2.53. The standard InChI is InChI=1S/C15H17BrN4O2/c16-12-3-1-11(2-4-12)10-20-14(5-6-18-20)19-15(21)13-9-17-7-8-22-13/h1-6,13,17H,7-10H2,(H,19,21)/t13-/m0/s1. The van der Waals surface area contributed by atoms with Gasteiger partial charge in [0.1, 0.15) is 11.9 Å². The summed E-state index contributed by atoms with van der Waals surface area (Å²) in [6.45, 7) is 2.47. The predicted octanol–water partition coefficient (Wildman–Crippen LogP) is 1.62. The number of halogens is 1. The normalized spacial score (nSPS) is 18.1. The first-order valence-corrected chi connectivity index (χ1v) is 7.91. The first kappa shape index (κ1) is 15.2. The van der Waals surface area contributed by atoms with E-state index < -0.39 is 6.10 Å². The van der Waals surface area contributed by atoms with Gasteiger partial charge in [0.05, 0.1) is 19.3 Å². The summed E-state index contributed by atoms with van der Waals surface area (Å²) in [6.07, 6.45) is 1.22. The highest BCUT2D eigenvalue weighted by molar-refractivity contribution is 9.10. The molecule has 0 spiro atoms. The number of ether oxygens (including phenoxy) is 1. The molecule has 2 N–H and O–H groups in total. The van der Waals surface area contributed by atoms with Crippen LogP contribution in [-0.2, 0) is 16.1 Å². The Morgan fingerprint density at radius 1 is 1.41 bits per heavy atom. The van der Waals surface area contributed by atoms with Crippen molar-refractivity contribution in [1.29, 1.82) is 0 Å². The van der Waals surface area contributed by atoms with E-state index in [9.17, 15) is 4.79 Å². The minimum absolute atomic E-state index is 0.148. The zero-order valence-electron chi connectivity index (χ0n) is 12.0. The predicted molar refractivity (Wildman–Crippen MR) is 86.7 cm³/mol. The maximum atomic E-state index is 12.2. The van der Waals surface area contributed by atoms with Crippen LogP contribution in [0.3, 0.4) is 0 Å². The third-order valence-electron chi connectivity index (χ3n) is 3.43. The third kappa shape index (κ3) is 3.73. The van der Waals surface area contributed by atoms with Crippen molar-refractivity contribution in [3.8, 4) is 0 Å². The lowest BCUT2D eigenvalue weighted by atomic mass is 10.2. The average Bonchev–Trinajstić information content (AvgIpc) is 2.97. The molecule has 0 unspecified atom stereocenters. The van der Waals surface area contributed by atoms with Gasteiger partial charge >= 0.3 is 0 Å². The molecular weight excluding hydrogens is 348 g/mol. The molecule has 1 fully saturated rings. The van der Waals surface area contributed by atoms with Crippen molar-refractivity contribution < 1.29 is 9.53 Å². The largest absolute Gasteiger partial charge is 0.366 e. The SMILES string of the molecule is O=C(Nc1ccnn1Cc1ccc(Br)cc1)[C@@H]1CNCCO1. The van der Waals surface area contributed by atoms with Gasteiger partial charge in [0.15, 0.2) is 0 Å². The number of carbonyl (C=O) groups is 1. The molecule has 1 aliphatic heterocycles. The minimum atomic E-state index is -0.454. The number of morpholine rings is 1. The molecule has 1 aromatic heterocycles. The summed E-state index contributed by atoms with van der Waals surface area (Å²) in [4.78, 5) is 12.2. The van der Waals surface area contributed by atoms with Crippen molar-refractivity contribution in [3.05, 3.63) is 46.6 Å². The highest BCUT2D eigenvalue weighted by atomic mass is 79.9. The van der Waals surface area contributed by atoms with Crippen molar-refractivity contribution in [1.82, 2.24) is 15.1 Å². The van der Waals surface area contributed by atoms with Crippen molar-refractivity contribution in [3.63, 3.8) is 0 Å². The summed E-state index contributed by atoms with van der Waals surface area (Å²) < 4.78 is 8.25. The van der Waals surface area contributed by atoms with Crippen molar-refractivity contribution in [2.45, 2.75) is 12.6 Å². The summed E-state index contributed by atoms with van der Waals surface area (Å²) in [5, 5.41) is 10.3. The van der Waals surface area contributed by atoms with Crippen LogP contribution in [0.1, 0.15) is 5.56 Å². The molecule has 1 saturated heterocycles. The molecule has 0 bridgehead atoms. The zero-order chi connectivity index (χ0) is 15.4. The highest BCUT2D eigenvalue weighted by Crippen LogP contribution is 2.14. The maximum Gasteiger partial charge on any atom is 0.255 e. The lowest BCUT2D eigenvalue weighted by Gasteiger charge is -2.22. The van der Waals surface area contributed by atoms with E-state index in [1.165, 1.54) is 0 Å². The van der Waals surface area contributed by atoms with Gasteiger partial charge in [0, 0.05) is 23.6 Å². The number of anilines is 1. The van der Waals surface area contributed by atoms with Crippen LogP contribution in [0.25, 0.3) is 0 Å². The lowest BCUT2D eigenvalue weighted by molar-refractivity contribution is -0.128. The van der Waals surface area contributed by atoms with E-state index in [1.54, 1.807) is 16.9 Å². The molecule has 7 heteroatoms. The first-order valence-electron chi connectivity index (χ1n) is 7.12. The molecule has 1 atom stereocenters. The topological polar surface area (TPSA) is 68.2 Å². The Balaban J connectivity index is 1.66. The number of nitrogens with zero attached hydrogens (tertiary/aromatic N) is 2. The second-order valence-electron chi connectivity index (χ2n) is 5.05. The van der Waals surface area contributed by atoms with Crippen LogP contribution in [0.4, 0.5) is 5.82 Å². The van der Waals surface area contributed by atoms with Crippen LogP contribution in [0, 0.1) is 0 Å². The van der Waals surface area contributed by atoms with Crippen LogP contribution in [0.5, 0.6) is 0 Å². The number of nitrogens with one attached hydrogen (secondary N) is 2. The lowest BCUT2D eigenvalue weighted by Crippen LogP contribution is -2.45. The maximum absolute atomic E-state index is 12.2. The Morgan fingerprint density at radius 3 is 2.95 bits per heavy atom. The monoisotopic (exact) mass is 364 g/mol. The number of benzene rings is 1. The summed E-state index contributed by atoms with van der Waals surface area (Å²) in [7, 11) is 0. The number of aromatic nitrogens is 2. The molecule has 6 nitrogen and oxygen atoms in total. The Labute approximate surface area is 137 Å². The molecule has 116 valence electrons. The van der Waals surface area contributed by atoms with Crippen molar-refractivity contribution >= 4 is 27.7 Å². The molecule has 1 aliphatic rings. The van der Waals surface area contributed by atoms with Gasteiger partial charge in [-0.2, -0.15) is 5.10 Å².